The highest BCUT2D eigenvalue weighted by Crippen LogP contribution is 2.20. The summed E-state index contributed by atoms with van der Waals surface area (Å²) < 4.78 is 5.97. The molecule has 0 amide bonds. The number of rotatable bonds is 10. The fraction of sp³-hybridized carbons (Fsp3) is 0.812. The Labute approximate surface area is 128 Å². The third kappa shape index (κ3) is 5.51. The molecule has 0 fully saturated rings. The van der Waals surface area contributed by atoms with Gasteiger partial charge >= 0.3 is 0 Å². The smallest absolute Gasteiger partial charge is 0.0947 e. The van der Waals surface area contributed by atoms with Gasteiger partial charge in [-0.25, -0.2) is 4.98 Å². The van der Waals surface area contributed by atoms with Crippen molar-refractivity contribution in [2.75, 3.05) is 13.2 Å². The van der Waals surface area contributed by atoms with Crippen molar-refractivity contribution in [3.05, 3.63) is 15.6 Å². The van der Waals surface area contributed by atoms with E-state index >= 15 is 0 Å². The minimum absolute atomic E-state index is 0.293. The normalized spacial score (nSPS) is 14.4. The molecular weight excluding hydrogens is 268 g/mol. The molecule has 20 heavy (non-hydrogen) atoms. The van der Waals surface area contributed by atoms with Crippen LogP contribution >= 0.6 is 11.3 Å². The van der Waals surface area contributed by atoms with E-state index in [1.807, 2.05) is 11.3 Å². The van der Waals surface area contributed by atoms with E-state index in [4.69, 9.17) is 4.74 Å². The Morgan fingerprint density at radius 2 is 1.95 bits per heavy atom. The van der Waals surface area contributed by atoms with Crippen LogP contribution in [0.15, 0.2) is 0 Å². The summed E-state index contributed by atoms with van der Waals surface area (Å²) in [5.74, 6) is 0. The lowest BCUT2D eigenvalue weighted by Crippen LogP contribution is -2.43. The molecule has 0 aliphatic carbocycles. The first-order chi connectivity index (χ1) is 9.62. The highest BCUT2D eigenvalue weighted by Gasteiger charge is 2.22. The number of aryl methyl sites for hydroxylation is 2. The number of nitrogens with one attached hydrogen (secondary N) is 1. The van der Waals surface area contributed by atoms with Crippen LogP contribution in [-0.2, 0) is 11.2 Å². The molecule has 1 rings (SSSR count). The standard InChI is InChI=1S/C16H30N2OS/c1-6-9-15(19-8-3)14(17-10-7-2)11-16-18-12(4)13(5)20-16/h14-15,17H,6-11H2,1-5H3. The molecule has 0 aliphatic rings. The first-order valence-electron chi connectivity index (χ1n) is 7.90. The first-order valence-corrected chi connectivity index (χ1v) is 8.71. The molecule has 0 aromatic carbocycles. The van der Waals surface area contributed by atoms with Gasteiger partial charge in [-0.2, -0.15) is 0 Å². The van der Waals surface area contributed by atoms with Crippen molar-refractivity contribution < 1.29 is 4.74 Å². The molecule has 2 atom stereocenters. The number of hydrogen-bond acceptors (Lipinski definition) is 4. The summed E-state index contributed by atoms with van der Waals surface area (Å²) >= 11 is 1.82. The molecule has 0 radical (unpaired) electrons. The Bertz CT molecular complexity index is 353. The number of thiazole rings is 1. The second kappa shape index (κ2) is 9.48. The van der Waals surface area contributed by atoms with Crippen molar-refractivity contribution in [3.8, 4) is 0 Å². The molecule has 2 unspecified atom stereocenters. The molecule has 1 aromatic rings. The molecule has 1 N–H and O–H groups in total. The van der Waals surface area contributed by atoms with E-state index in [1.54, 1.807) is 0 Å². The fourth-order valence-electron chi connectivity index (χ4n) is 2.38. The summed E-state index contributed by atoms with van der Waals surface area (Å²) in [6.45, 7) is 12.6. The van der Waals surface area contributed by atoms with E-state index in [2.05, 4.69) is 44.9 Å². The van der Waals surface area contributed by atoms with Crippen LogP contribution in [0.1, 0.15) is 55.6 Å². The van der Waals surface area contributed by atoms with Crippen LogP contribution in [-0.4, -0.2) is 30.3 Å². The molecule has 1 heterocycles. The molecule has 0 aliphatic heterocycles. The van der Waals surface area contributed by atoms with E-state index in [0.717, 1.165) is 38.8 Å². The van der Waals surface area contributed by atoms with E-state index in [0.29, 0.717) is 12.1 Å². The topological polar surface area (TPSA) is 34.2 Å². The van der Waals surface area contributed by atoms with Gasteiger partial charge in [0.1, 0.15) is 0 Å². The molecule has 0 spiro atoms. The van der Waals surface area contributed by atoms with E-state index in [1.165, 1.54) is 15.6 Å². The zero-order valence-corrected chi connectivity index (χ0v) is 14.5. The summed E-state index contributed by atoms with van der Waals surface area (Å²) in [5, 5.41) is 4.89. The zero-order valence-electron chi connectivity index (χ0n) is 13.7. The van der Waals surface area contributed by atoms with Crippen LogP contribution in [0.4, 0.5) is 0 Å². The Hall–Kier alpha value is -0.450. The van der Waals surface area contributed by atoms with Crippen LogP contribution in [0.25, 0.3) is 0 Å². The SMILES string of the molecule is CCCNC(Cc1nc(C)c(C)s1)C(CCC)OCC. The van der Waals surface area contributed by atoms with E-state index in [-0.39, 0.29) is 0 Å². The Kier molecular flexibility index (Phi) is 8.34. The van der Waals surface area contributed by atoms with E-state index < -0.39 is 0 Å². The summed E-state index contributed by atoms with van der Waals surface area (Å²) in [5.41, 5.74) is 1.17. The lowest BCUT2D eigenvalue weighted by molar-refractivity contribution is 0.0282. The number of nitrogens with zero attached hydrogens (tertiary/aromatic N) is 1. The van der Waals surface area contributed by atoms with Crippen molar-refractivity contribution in [3.63, 3.8) is 0 Å². The van der Waals surface area contributed by atoms with Crippen LogP contribution in [0.3, 0.4) is 0 Å². The van der Waals surface area contributed by atoms with Crippen molar-refractivity contribution in [2.24, 2.45) is 0 Å². The minimum atomic E-state index is 0.293. The van der Waals surface area contributed by atoms with Gasteiger partial charge in [0, 0.05) is 23.9 Å². The summed E-state index contributed by atoms with van der Waals surface area (Å²) in [6, 6.07) is 0.375. The summed E-state index contributed by atoms with van der Waals surface area (Å²) in [6.07, 6.45) is 4.69. The lowest BCUT2D eigenvalue weighted by atomic mass is 10.0. The fourth-order valence-corrected chi connectivity index (χ4v) is 3.37. The molecule has 0 bridgehead atoms. The molecule has 0 saturated heterocycles. The van der Waals surface area contributed by atoms with Gasteiger partial charge in [-0.1, -0.05) is 20.3 Å². The highest BCUT2D eigenvalue weighted by molar-refractivity contribution is 7.11. The molecule has 3 nitrogen and oxygen atoms in total. The molecular formula is C16H30N2OS. The van der Waals surface area contributed by atoms with Gasteiger partial charge in [0.2, 0.25) is 0 Å². The first kappa shape index (κ1) is 17.6. The van der Waals surface area contributed by atoms with Gasteiger partial charge in [-0.3, -0.25) is 0 Å². The van der Waals surface area contributed by atoms with Crippen LogP contribution in [0, 0.1) is 13.8 Å². The third-order valence-corrected chi connectivity index (χ3v) is 4.62. The average Bonchev–Trinajstić information content (AvgIpc) is 2.73. The van der Waals surface area contributed by atoms with Gasteiger partial charge in [0.05, 0.1) is 16.8 Å². The second-order valence-electron chi connectivity index (χ2n) is 5.30. The Morgan fingerprint density at radius 1 is 1.20 bits per heavy atom. The predicted molar refractivity (Wildman–Crippen MR) is 87.7 cm³/mol. The zero-order chi connectivity index (χ0) is 15.0. The van der Waals surface area contributed by atoms with Gasteiger partial charge in [0.25, 0.3) is 0 Å². The van der Waals surface area contributed by atoms with Crippen molar-refractivity contribution in [2.45, 2.75) is 72.4 Å². The van der Waals surface area contributed by atoms with Gasteiger partial charge in [-0.15, -0.1) is 11.3 Å². The van der Waals surface area contributed by atoms with Crippen molar-refractivity contribution in [1.29, 1.82) is 0 Å². The maximum absolute atomic E-state index is 5.97. The Morgan fingerprint density at radius 3 is 2.45 bits per heavy atom. The summed E-state index contributed by atoms with van der Waals surface area (Å²) in [7, 11) is 0. The van der Waals surface area contributed by atoms with Crippen LogP contribution < -0.4 is 5.32 Å². The maximum atomic E-state index is 5.97. The quantitative estimate of drug-likeness (QED) is 0.712. The number of hydrogen-bond donors (Lipinski definition) is 1. The molecule has 0 saturated carbocycles. The lowest BCUT2D eigenvalue weighted by Gasteiger charge is -2.27. The average molecular weight is 298 g/mol. The van der Waals surface area contributed by atoms with Crippen LogP contribution in [0.5, 0.6) is 0 Å². The van der Waals surface area contributed by atoms with Gasteiger partial charge < -0.3 is 10.1 Å². The van der Waals surface area contributed by atoms with E-state index in [9.17, 15) is 0 Å². The number of ether oxygens (including phenoxy) is 1. The predicted octanol–water partition coefficient (Wildman–Crippen LogP) is 3.88. The van der Waals surface area contributed by atoms with Gasteiger partial charge in [0.15, 0.2) is 0 Å². The monoisotopic (exact) mass is 298 g/mol. The van der Waals surface area contributed by atoms with Crippen molar-refractivity contribution >= 4 is 11.3 Å². The molecule has 1 aromatic heterocycles. The third-order valence-electron chi connectivity index (χ3n) is 3.53. The highest BCUT2D eigenvalue weighted by atomic mass is 32.1. The Balaban J connectivity index is 2.75. The van der Waals surface area contributed by atoms with Crippen LogP contribution in [0.2, 0.25) is 0 Å². The molecule has 4 heteroatoms. The summed E-state index contributed by atoms with van der Waals surface area (Å²) in [4.78, 5) is 6.01. The minimum Gasteiger partial charge on any atom is -0.377 e. The van der Waals surface area contributed by atoms with Gasteiger partial charge in [-0.05, 0) is 40.2 Å². The second-order valence-corrected chi connectivity index (χ2v) is 6.58. The maximum Gasteiger partial charge on any atom is 0.0947 e. The molecule has 116 valence electrons. The number of aromatic nitrogens is 1. The van der Waals surface area contributed by atoms with Crippen molar-refractivity contribution in [1.82, 2.24) is 10.3 Å². The largest absolute Gasteiger partial charge is 0.377 e.